The van der Waals surface area contributed by atoms with Gasteiger partial charge >= 0.3 is 0 Å². The minimum absolute atomic E-state index is 0.0564. The van der Waals surface area contributed by atoms with Crippen LogP contribution < -0.4 is 26.4 Å². The quantitative estimate of drug-likeness (QED) is 0.414. The smallest absolute Gasteiger partial charge is 0.251 e. The van der Waals surface area contributed by atoms with E-state index in [0.29, 0.717) is 16.6 Å². The van der Waals surface area contributed by atoms with Gasteiger partial charge in [-0.25, -0.2) is 0 Å². The maximum atomic E-state index is 12.9. The molecule has 6 rings (SSSR count). The molecule has 2 fully saturated rings. The fraction of sp³-hybridized carbons (Fsp3) is 0.367. The van der Waals surface area contributed by atoms with Crippen LogP contribution in [0.1, 0.15) is 52.4 Å². The highest BCUT2D eigenvalue weighted by molar-refractivity contribution is 7.80. The number of amides is 1. The molecule has 1 saturated heterocycles. The van der Waals surface area contributed by atoms with Gasteiger partial charge in [-0.2, -0.15) is 0 Å². The average molecular weight is 528 g/mol. The zero-order chi connectivity index (χ0) is 26.4. The maximum absolute atomic E-state index is 12.9. The zero-order valence-electron chi connectivity index (χ0n) is 21.8. The molecule has 0 spiro atoms. The second-order valence-corrected chi connectivity index (χ2v) is 11.4. The van der Waals surface area contributed by atoms with Crippen LogP contribution in [0.3, 0.4) is 0 Å². The van der Waals surface area contributed by atoms with Crippen LogP contribution in [0.5, 0.6) is 0 Å². The number of hydrogen-bond donors (Lipinski definition) is 3. The SMILES string of the molecule is Cc1cc(C)cc(NC(=S)Nc2cc(C(=O)NC3CC3)ccc2N2CC3CC(C2)c2cccc(=O)n2C3)c1. The van der Waals surface area contributed by atoms with Crippen LogP contribution in [-0.2, 0) is 6.54 Å². The monoisotopic (exact) mass is 527 g/mol. The molecule has 3 aliphatic rings. The molecule has 2 unspecified atom stereocenters. The second-order valence-electron chi connectivity index (χ2n) is 11.0. The van der Waals surface area contributed by atoms with Crippen LogP contribution in [0.25, 0.3) is 0 Å². The summed E-state index contributed by atoms with van der Waals surface area (Å²) in [6, 6.07) is 18.0. The molecule has 3 aromatic rings. The number of hydrogen-bond acceptors (Lipinski definition) is 4. The number of pyridine rings is 1. The van der Waals surface area contributed by atoms with Crippen molar-refractivity contribution in [3.63, 3.8) is 0 Å². The Balaban J connectivity index is 1.29. The summed E-state index contributed by atoms with van der Waals surface area (Å²) in [6.07, 6.45) is 3.16. The van der Waals surface area contributed by atoms with E-state index in [1.54, 1.807) is 6.07 Å². The van der Waals surface area contributed by atoms with Crippen molar-refractivity contribution in [2.45, 2.75) is 51.6 Å². The number of aromatic nitrogens is 1. The van der Waals surface area contributed by atoms with Gasteiger partial charge in [-0.15, -0.1) is 0 Å². The summed E-state index contributed by atoms with van der Waals surface area (Å²) in [5.74, 6) is 0.605. The molecule has 196 valence electrons. The van der Waals surface area contributed by atoms with Crippen LogP contribution in [-0.4, -0.2) is 34.7 Å². The van der Waals surface area contributed by atoms with Crippen molar-refractivity contribution in [1.82, 2.24) is 9.88 Å². The van der Waals surface area contributed by atoms with Gasteiger partial charge in [0, 0.05) is 54.6 Å². The number of nitrogens with zero attached hydrogens (tertiary/aromatic N) is 2. The van der Waals surface area contributed by atoms with Crippen molar-refractivity contribution < 1.29 is 4.79 Å². The molecule has 1 amide bonds. The van der Waals surface area contributed by atoms with Crippen LogP contribution in [0, 0.1) is 19.8 Å². The topological polar surface area (TPSA) is 78.4 Å². The van der Waals surface area contributed by atoms with E-state index in [1.807, 2.05) is 28.8 Å². The Labute approximate surface area is 228 Å². The van der Waals surface area contributed by atoms with Gasteiger partial charge in [-0.1, -0.05) is 12.1 Å². The summed E-state index contributed by atoms with van der Waals surface area (Å²) in [5.41, 5.74) is 6.88. The molecule has 2 aromatic carbocycles. The lowest BCUT2D eigenvalue weighted by Crippen LogP contribution is -2.47. The highest BCUT2D eigenvalue weighted by Crippen LogP contribution is 2.39. The van der Waals surface area contributed by atoms with Crippen molar-refractivity contribution in [3.8, 4) is 0 Å². The number of nitrogens with one attached hydrogen (secondary N) is 3. The van der Waals surface area contributed by atoms with E-state index >= 15 is 0 Å². The third-order valence-corrected chi connectivity index (χ3v) is 7.92. The summed E-state index contributed by atoms with van der Waals surface area (Å²) in [6.45, 7) is 6.51. The Morgan fingerprint density at radius 3 is 2.50 bits per heavy atom. The Kier molecular flexibility index (Phi) is 6.43. The molecule has 2 aliphatic heterocycles. The van der Waals surface area contributed by atoms with Crippen molar-refractivity contribution in [3.05, 3.63) is 87.3 Å². The number of carbonyl (C=O) groups is 1. The first-order chi connectivity index (χ1) is 18.3. The Morgan fingerprint density at radius 1 is 0.947 bits per heavy atom. The van der Waals surface area contributed by atoms with Crippen LogP contribution in [0.4, 0.5) is 17.1 Å². The third kappa shape index (κ3) is 5.18. The first-order valence-corrected chi connectivity index (χ1v) is 13.8. The lowest BCUT2D eigenvalue weighted by molar-refractivity contribution is 0.0951. The molecule has 8 heteroatoms. The van der Waals surface area contributed by atoms with Crippen LogP contribution >= 0.6 is 12.2 Å². The zero-order valence-corrected chi connectivity index (χ0v) is 22.6. The number of thiocarbonyl (C=S) groups is 1. The summed E-state index contributed by atoms with van der Waals surface area (Å²) in [7, 11) is 0. The minimum atomic E-state index is -0.0564. The van der Waals surface area contributed by atoms with Crippen molar-refractivity contribution in [2.75, 3.05) is 28.6 Å². The molecule has 1 saturated carbocycles. The molecule has 3 heterocycles. The molecular weight excluding hydrogens is 494 g/mol. The highest BCUT2D eigenvalue weighted by Gasteiger charge is 2.35. The third-order valence-electron chi connectivity index (χ3n) is 7.72. The number of fused-ring (bicyclic) bond motifs is 4. The van der Waals surface area contributed by atoms with E-state index in [9.17, 15) is 9.59 Å². The van der Waals surface area contributed by atoms with Crippen molar-refractivity contribution in [2.24, 2.45) is 5.92 Å². The minimum Gasteiger partial charge on any atom is -0.369 e. The Bertz CT molecular complexity index is 1460. The highest BCUT2D eigenvalue weighted by atomic mass is 32.1. The van der Waals surface area contributed by atoms with Gasteiger partial charge in [-0.05, 0) is 98.8 Å². The van der Waals surface area contributed by atoms with Crippen molar-refractivity contribution in [1.29, 1.82) is 0 Å². The standard InChI is InChI=1S/C30H33N5O2S/c1-18-10-19(2)12-24(11-18)32-30(38)33-25-14-21(29(37)31-23-7-8-23)6-9-27(25)34-15-20-13-22(17-34)26-4-3-5-28(36)35(26)16-20/h3-6,9-12,14,20,22-23H,7-8,13,15-17H2,1-2H3,(H,31,37)(H2,32,33,38). The van der Waals surface area contributed by atoms with Gasteiger partial charge in [0.05, 0.1) is 11.4 Å². The number of rotatable bonds is 5. The van der Waals surface area contributed by atoms with Gasteiger partial charge in [0.15, 0.2) is 5.11 Å². The normalized spacial score (nSPS) is 19.9. The first-order valence-electron chi connectivity index (χ1n) is 13.4. The van der Waals surface area contributed by atoms with E-state index in [1.165, 1.54) is 0 Å². The van der Waals surface area contributed by atoms with Crippen LogP contribution in [0.15, 0.2) is 59.4 Å². The lowest BCUT2D eigenvalue weighted by atomic mass is 9.83. The predicted octanol–water partition coefficient (Wildman–Crippen LogP) is 4.79. The second kappa shape index (κ2) is 9.91. The van der Waals surface area contributed by atoms with Gasteiger partial charge in [-0.3, -0.25) is 9.59 Å². The molecule has 7 nitrogen and oxygen atoms in total. The lowest BCUT2D eigenvalue weighted by Gasteiger charge is -2.44. The van der Waals surface area contributed by atoms with Gasteiger partial charge in [0.2, 0.25) is 0 Å². The number of carbonyl (C=O) groups excluding carboxylic acids is 1. The van der Waals surface area contributed by atoms with Crippen LogP contribution in [0.2, 0.25) is 0 Å². The first kappa shape index (κ1) is 24.7. The van der Waals surface area contributed by atoms with E-state index in [4.69, 9.17) is 12.2 Å². The predicted molar refractivity (Wildman–Crippen MR) is 156 cm³/mol. The Hall–Kier alpha value is -3.65. The van der Waals surface area contributed by atoms with E-state index in [2.05, 4.69) is 59.0 Å². The van der Waals surface area contributed by atoms with E-state index < -0.39 is 0 Å². The maximum Gasteiger partial charge on any atom is 0.251 e. The molecule has 3 N–H and O–H groups in total. The van der Waals surface area contributed by atoms with E-state index in [-0.39, 0.29) is 23.4 Å². The molecule has 0 radical (unpaired) electrons. The number of aryl methyl sites for hydroxylation is 2. The summed E-state index contributed by atoms with van der Waals surface area (Å²) in [4.78, 5) is 27.7. The molecular formula is C30H33N5O2S. The average Bonchev–Trinajstić information content (AvgIpc) is 3.68. The molecule has 1 aromatic heterocycles. The fourth-order valence-corrected chi connectivity index (χ4v) is 6.20. The molecule has 2 bridgehead atoms. The number of anilines is 3. The van der Waals surface area contributed by atoms with Gasteiger partial charge in [0.25, 0.3) is 11.5 Å². The largest absolute Gasteiger partial charge is 0.369 e. The van der Waals surface area contributed by atoms with Gasteiger partial charge < -0.3 is 25.4 Å². The summed E-state index contributed by atoms with van der Waals surface area (Å²) >= 11 is 5.72. The summed E-state index contributed by atoms with van der Waals surface area (Å²) in [5, 5.41) is 10.3. The number of benzene rings is 2. The van der Waals surface area contributed by atoms with Crippen molar-refractivity contribution >= 4 is 40.3 Å². The fourth-order valence-electron chi connectivity index (χ4n) is 5.97. The Morgan fingerprint density at radius 2 is 1.74 bits per heavy atom. The van der Waals surface area contributed by atoms with Gasteiger partial charge in [0.1, 0.15) is 0 Å². The molecule has 2 atom stereocenters. The number of piperidine rings is 1. The molecule has 38 heavy (non-hydrogen) atoms. The summed E-state index contributed by atoms with van der Waals surface area (Å²) < 4.78 is 1.95. The molecule has 1 aliphatic carbocycles. The van der Waals surface area contributed by atoms with E-state index in [0.717, 1.165) is 72.8 Å².